The second-order valence-corrected chi connectivity index (χ2v) is 7.14. The zero-order valence-electron chi connectivity index (χ0n) is 19.0. The minimum atomic E-state index is -0.613. The molecule has 11 heteroatoms. The lowest BCUT2D eigenvalue weighted by atomic mass is 10.1. The molecule has 4 aromatic rings. The summed E-state index contributed by atoms with van der Waals surface area (Å²) < 4.78 is 21.0. The van der Waals surface area contributed by atoms with Gasteiger partial charge in [-0.15, -0.1) is 0 Å². The van der Waals surface area contributed by atoms with Crippen molar-refractivity contribution in [2.24, 2.45) is 0 Å². The maximum atomic E-state index is 12.9. The number of carbonyl (C=O) groups excluding carboxylic acids is 1. The van der Waals surface area contributed by atoms with E-state index in [1.165, 1.54) is 26.4 Å². The third-order valence-electron chi connectivity index (χ3n) is 5.11. The Hall–Kier alpha value is -4.93. The molecule has 178 valence electrons. The summed E-state index contributed by atoms with van der Waals surface area (Å²) in [4.78, 5) is 28.0. The Kier molecular flexibility index (Phi) is 6.58. The molecule has 0 spiro atoms. The van der Waals surface area contributed by atoms with Crippen molar-refractivity contribution in [2.45, 2.75) is 0 Å². The molecule has 0 aliphatic carbocycles. The van der Waals surface area contributed by atoms with Crippen LogP contribution in [0.4, 0.5) is 11.4 Å². The molecule has 0 unspecified atom stereocenters. The fourth-order valence-electron chi connectivity index (χ4n) is 3.37. The number of nitro benzene ring substituents is 1. The van der Waals surface area contributed by atoms with Crippen LogP contribution in [0.1, 0.15) is 10.4 Å². The Morgan fingerprint density at radius 3 is 2.37 bits per heavy atom. The monoisotopic (exact) mass is 476 g/mol. The highest BCUT2D eigenvalue weighted by molar-refractivity contribution is 6.06. The maximum Gasteiger partial charge on any atom is 0.311 e. The average molecular weight is 476 g/mol. The molecule has 0 saturated heterocycles. The number of carbonyl (C=O) groups is 1. The van der Waals surface area contributed by atoms with Gasteiger partial charge >= 0.3 is 5.69 Å². The maximum absolute atomic E-state index is 12.9. The minimum absolute atomic E-state index is 0.0560. The number of anilines is 1. The van der Waals surface area contributed by atoms with E-state index in [2.05, 4.69) is 15.5 Å². The van der Waals surface area contributed by atoms with Crippen molar-refractivity contribution < 1.29 is 28.5 Å². The molecule has 0 fully saturated rings. The normalized spacial score (nSPS) is 10.5. The molecule has 0 aliphatic heterocycles. The van der Waals surface area contributed by atoms with Crippen LogP contribution in [0.3, 0.4) is 0 Å². The van der Waals surface area contributed by atoms with Gasteiger partial charge in [-0.2, -0.15) is 4.98 Å². The van der Waals surface area contributed by atoms with Crippen LogP contribution in [0.25, 0.3) is 22.8 Å². The Morgan fingerprint density at radius 1 is 0.943 bits per heavy atom. The minimum Gasteiger partial charge on any atom is -0.493 e. The second-order valence-electron chi connectivity index (χ2n) is 7.14. The number of para-hydroxylation sites is 1. The van der Waals surface area contributed by atoms with Crippen molar-refractivity contribution in [2.75, 3.05) is 26.6 Å². The van der Waals surface area contributed by atoms with Crippen LogP contribution >= 0.6 is 0 Å². The fourth-order valence-corrected chi connectivity index (χ4v) is 3.37. The van der Waals surface area contributed by atoms with E-state index in [9.17, 15) is 14.9 Å². The molecule has 0 saturated carbocycles. The van der Waals surface area contributed by atoms with E-state index in [4.69, 9.17) is 18.7 Å². The number of aromatic nitrogens is 2. The van der Waals surface area contributed by atoms with Crippen molar-refractivity contribution in [1.29, 1.82) is 0 Å². The number of nitrogens with one attached hydrogen (secondary N) is 1. The molecule has 1 N–H and O–H groups in total. The first kappa shape index (κ1) is 23.2. The van der Waals surface area contributed by atoms with Crippen LogP contribution in [0.5, 0.6) is 17.2 Å². The van der Waals surface area contributed by atoms with Crippen LogP contribution in [-0.2, 0) is 0 Å². The van der Waals surface area contributed by atoms with Crippen molar-refractivity contribution in [1.82, 2.24) is 10.1 Å². The molecular formula is C24H20N4O7. The number of ether oxygens (including phenoxy) is 3. The first-order chi connectivity index (χ1) is 16.9. The molecule has 1 heterocycles. The molecule has 35 heavy (non-hydrogen) atoms. The summed E-state index contributed by atoms with van der Waals surface area (Å²) in [6.45, 7) is 0. The highest BCUT2D eigenvalue weighted by Gasteiger charge is 2.20. The summed E-state index contributed by atoms with van der Waals surface area (Å²) >= 11 is 0. The average Bonchev–Trinajstić information content (AvgIpc) is 3.38. The largest absolute Gasteiger partial charge is 0.493 e. The number of methoxy groups -OCH3 is 3. The third kappa shape index (κ3) is 4.74. The van der Waals surface area contributed by atoms with Crippen LogP contribution < -0.4 is 19.5 Å². The summed E-state index contributed by atoms with van der Waals surface area (Å²) in [6, 6.07) is 16.0. The highest BCUT2D eigenvalue weighted by atomic mass is 16.6. The molecule has 1 amide bonds. The molecule has 0 atom stereocenters. The zero-order valence-corrected chi connectivity index (χ0v) is 19.0. The van der Waals surface area contributed by atoms with E-state index in [0.717, 1.165) is 6.07 Å². The van der Waals surface area contributed by atoms with E-state index in [-0.39, 0.29) is 22.9 Å². The van der Waals surface area contributed by atoms with Gasteiger partial charge in [0, 0.05) is 17.2 Å². The number of rotatable bonds is 8. The van der Waals surface area contributed by atoms with Gasteiger partial charge in [0.15, 0.2) is 17.2 Å². The quantitative estimate of drug-likeness (QED) is 0.286. The highest BCUT2D eigenvalue weighted by Crippen LogP contribution is 2.34. The van der Waals surface area contributed by atoms with Crippen molar-refractivity contribution in [3.8, 4) is 40.1 Å². The first-order valence-electron chi connectivity index (χ1n) is 10.2. The van der Waals surface area contributed by atoms with Gasteiger partial charge in [0.05, 0.1) is 37.5 Å². The number of nitro groups is 1. The zero-order chi connectivity index (χ0) is 24.9. The third-order valence-corrected chi connectivity index (χ3v) is 5.11. The van der Waals surface area contributed by atoms with Gasteiger partial charge in [-0.3, -0.25) is 14.9 Å². The van der Waals surface area contributed by atoms with Crippen LogP contribution in [-0.4, -0.2) is 42.3 Å². The molecule has 0 radical (unpaired) electrons. The summed E-state index contributed by atoms with van der Waals surface area (Å²) in [6.07, 6.45) is 0. The molecule has 11 nitrogen and oxygen atoms in total. The lowest BCUT2D eigenvalue weighted by Crippen LogP contribution is -2.13. The second kappa shape index (κ2) is 9.91. The van der Waals surface area contributed by atoms with E-state index in [0.29, 0.717) is 34.1 Å². The van der Waals surface area contributed by atoms with Gasteiger partial charge < -0.3 is 24.1 Å². The van der Waals surface area contributed by atoms with Gasteiger partial charge in [0.2, 0.25) is 5.82 Å². The van der Waals surface area contributed by atoms with Gasteiger partial charge in [-0.05, 0) is 42.5 Å². The number of hydrogen-bond donors (Lipinski definition) is 1. The smallest absolute Gasteiger partial charge is 0.311 e. The summed E-state index contributed by atoms with van der Waals surface area (Å²) in [7, 11) is 4.39. The first-order valence-corrected chi connectivity index (χ1v) is 10.2. The van der Waals surface area contributed by atoms with E-state index < -0.39 is 10.8 Å². The van der Waals surface area contributed by atoms with Crippen LogP contribution in [0.15, 0.2) is 65.2 Å². The lowest BCUT2D eigenvalue weighted by molar-refractivity contribution is -0.385. The Bertz CT molecular complexity index is 1400. The molecule has 4 rings (SSSR count). The SMILES string of the molecule is COc1ccc(-c2noc(-c3ccccc3NC(=O)c3ccc(OC)c([N+](=O)[O-])c3)n2)cc1OC. The molecule has 1 aromatic heterocycles. The standard InChI is InChI=1S/C24H20N4O7/c1-32-19-10-9-15(12-18(19)28(30)31)23(29)25-17-7-5-4-6-16(17)24-26-22(27-35-24)14-8-11-20(33-2)21(13-14)34-3/h4-13H,1-3H3,(H,25,29). The summed E-state index contributed by atoms with van der Waals surface area (Å²) in [5.74, 6) is 1.06. The van der Waals surface area contributed by atoms with E-state index >= 15 is 0 Å². The number of benzene rings is 3. The van der Waals surface area contributed by atoms with Crippen molar-refractivity contribution in [3.63, 3.8) is 0 Å². The van der Waals surface area contributed by atoms with Gasteiger partial charge in [0.25, 0.3) is 11.8 Å². The number of amides is 1. The van der Waals surface area contributed by atoms with E-state index in [1.807, 2.05) is 0 Å². The summed E-state index contributed by atoms with van der Waals surface area (Å²) in [5, 5.41) is 18.1. The Morgan fingerprint density at radius 2 is 1.66 bits per heavy atom. The molecule has 0 aliphatic rings. The number of nitrogens with zero attached hydrogens (tertiary/aromatic N) is 3. The predicted molar refractivity (Wildman–Crippen MR) is 126 cm³/mol. The van der Waals surface area contributed by atoms with Gasteiger partial charge in [-0.1, -0.05) is 17.3 Å². The molecule has 3 aromatic carbocycles. The molecule has 0 bridgehead atoms. The summed E-state index contributed by atoms with van der Waals surface area (Å²) in [5.41, 5.74) is 1.28. The van der Waals surface area contributed by atoms with Crippen LogP contribution in [0.2, 0.25) is 0 Å². The molecular weight excluding hydrogens is 456 g/mol. The van der Waals surface area contributed by atoms with E-state index in [1.54, 1.807) is 49.6 Å². The Labute approximate surface area is 199 Å². The van der Waals surface area contributed by atoms with Gasteiger partial charge in [-0.25, -0.2) is 0 Å². The van der Waals surface area contributed by atoms with Crippen LogP contribution in [0, 0.1) is 10.1 Å². The predicted octanol–water partition coefficient (Wildman–Crippen LogP) is 4.59. The lowest BCUT2D eigenvalue weighted by Gasteiger charge is -2.09. The topological polar surface area (TPSA) is 139 Å². The van der Waals surface area contributed by atoms with Crippen molar-refractivity contribution >= 4 is 17.3 Å². The fraction of sp³-hybridized carbons (Fsp3) is 0.125. The Balaban J connectivity index is 1.63. The number of hydrogen-bond acceptors (Lipinski definition) is 9. The van der Waals surface area contributed by atoms with Crippen molar-refractivity contribution in [3.05, 3.63) is 76.3 Å². The van der Waals surface area contributed by atoms with Gasteiger partial charge in [0.1, 0.15) is 0 Å².